The van der Waals surface area contributed by atoms with Gasteiger partial charge in [0.15, 0.2) is 0 Å². The first-order valence-electron chi connectivity index (χ1n) is 5.62. The second-order valence-corrected chi connectivity index (χ2v) is 4.77. The average molecular weight is 309 g/mol. The van der Waals surface area contributed by atoms with Gasteiger partial charge in [0, 0.05) is 6.42 Å². The Hall–Kier alpha value is -1.62. The van der Waals surface area contributed by atoms with E-state index >= 15 is 0 Å². The maximum Gasteiger partial charge on any atom is 0.254 e. The Morgan fingerprint density at radius 1 is 1.39 bits per heavy atom. The van der Waals surface area contributed by atoms with Crippen LogP contribution in [0.4, 0.5) is 0 Å². The molecular formula is C13H13BrN2O2. The van der Waals surface area contributed by atoms with Crippen LogP contribution in [0.1, 0.15) is 18.3 Å². The highest BCUT2D eigenvalue weighted by Crippen LogP contribution is 2.29. The fourth-order valence-corrected chi connectivity index (χ4v) is 2.08. The molecule has 0 atom stereocenters. The SMILES string of the molecule is CCc1nc(Oc2ccc(C)cc2Br)cc(=O)[nH]1. The molecule has 0 saturated carbocycles. The molecule has 5 heteroatoms. The van der Waals surface area contributed by atoms with Gasteiger partial charge in [-0.1, -0.05) is 13.0 Å². The van der Waals surface area contributed by atoms with Gasteiger partial charge in [0.2, 0.25) is 5.88 Å². The summed E-state index contributed by atoms with van der Waals surface area (Å²) in [5, 5.41) is 0. The Balaban J connectivity index is 2.33. The molecule has 0 fully saturated rings. The number of benzene rings is 1. The van der Waals surface area contributed by atoms with Crippen LogP contribution in [0.2, 0.25) is 0 Å². The molecule has 0 aliphatic heterocycles. The summed E-state index contributed by atoms with van der Waals surface area (Å²) in [6, 6.07) is 7.07. The van der Waals surface area contributed by atoms with Gasteiger partial charge in [-0.3, -0.25) is 4.79 Å². The third-order valence-electron chi connectivity index (χ3n) is 2.40. The zero-order valence-corrected chi connectivity index (χ0v) is 11.7. The lowest BCUT2D eigenvalue weighted by Gasteiger charge is -2.08. The summed E-state index contributed by atoms with van der Waals surface area (Å²) < 4.78 is 6.45. The minimum Gasteiger partial charge on any atom is -0.438 e. The van der Waals surface area contributed by atoms with Crippen molar-refractivity contribution in [3.8, 4) is 11.6 Å². The van der Waals surface area contributed by atoms with E-state index in [9.17, 15) is 4.79 Å². The number of aryl methyl sites for hydroxylation is 2. The number of aromatic amines is 1. The summed E-state index contributed by atoms with van der Waals surface area (Å²) in [6.45, 7) is 3.92. The molecular weight excluding hydrogens is 296 g/mol. The maximum absolute atomic E-state index is 11.4. The van der Waals surface area contributed by atoms with E-state index in [4.69, 9.17) is 4.74 Å². The van der Waals surface area contributed by atoms with Crippen molar-refractivity contribution in [3.05, 3.63) is 50.5 Å². The van der Waals surface area contributed by atoms with Crippen LogP contribution in [0.5, 0.6) is 11.6 Å². The average Bonchev–Trinajstić information content (AvgIpc) is 2.32. The third kappa shape index (κ3) is 2.98. The lowest BCUT2D eigenvalue weighted by Crippen LogP contribution is -2.10. The molecule has 0 aliphatic rings. The minimum atomic E-state index is -0.208. The smallest absolute Gasteiger partial charge is 0.254 e. The largest absolute Gasteiger partial charge is 0.438 e. The zero-order valence-electron chi connectivity index (χ0n) is 10.2. The van der Waals surface area contributed by atoms with Gasteiger partial charge >= 0.3 is 0 Å². The van der Waals surface area contributed by atoms with Crippen LogP contribution >= 0.6 is 15.9 Å². The standard InChI is InChI=1S/C13H13BrN2O2/c1-3-11-15-12(17)7-13(16-11)18-10-5-4-8(2)6-9(10)14/h4-7H,3H2,1-2H3,(H,15,16,17). The molecule has 2 rings (SSSR count). The van der Waals surface area contributed by atoms with Gasteiger partial charge in [-0.15, -0.1) is 0 Å². The highest BCUT2D eigenvalue weighted by Gasteiger charge is 2.06. The summed E-state index contributed by atoms with van der Waals surface area (Å²) in [5.74, 6) is 1.56. The van der Waals surface area contributed by atoms with Gasteiger partial charge in [0.25, 0.3) is 5.56 Å². The van der Waals surface area contributed by atoms with Gasteiger partial charge in [0.1, 0.15) is 11.6 Å². The number of aromatic nitrogens is 2. The van der Waals surface area contributed by atoms with Crippen LogP contribution in [-0.2, 0) is 6.42 Å². The summed E-state index contributed by atoms with van der Waals surface area (Å²) in [5.41, 5.74) is 0.919. The normalized spacial score (nSPS) is 10.4. The third-order valence-corrected chi connectivity index (χ3v) is 3.02. The molecule has 1 heterocycles. The van der Waals surface area contributed by atoms with Crippen LogP contribution < -0.4 is 10.3 Å². The number of rotatable bonds is 3. The van der Waals surface area contributed by atoms with Crippen molar-refractivity contribution < 1.29 is 4.74 Å². The quantitative estimate of drug-likeness (QED) is 0.947. The highest BCUT2D eigenvalue weighted by molar-refractivity contribution is 9.10. The molecule has 0 spiro atoms. The first kappa shape index (κ1) is 12.8. The summed E-state index contributed by atoms with van der Waals surface area (Å²) in [6.07, 6.45) is 0.654. The second-order valence-electron chi connectivity index (χ2n) is 3.92. The number of nitrogens with one attached hydrogen (secondary N) is 1. The van der Waals surface area contributed by atoms with Crippen molar-refractivity contribution in [1.82, 2.24) is 9.97 Å². The van der Waals surface area contributed by atoms with Crippen LogP contribution in [-0.4, -0.2) is 9.97 Å². The monoisotopic (exact) mass is 308 g/mol. The summed E-state index contributed by atoms with van der Waals surface area (Å²) in [4.78, 5) is 18.3. The number of nitrogens with zero attached hydrogens (tertiary/aromatic N) is 1. The Morgan fingerprint density at radius 2 is 2.17 bits per heavy atom. The molecule has 1 aromatic heterocycles. The van der Waals surface area contributed by atoms with E-state index in [2.05, 4.69) is 25.9 Å². The Labute approximate surface area is 113 Å². The predicted molar refractivity (Wildman–Crippen MR) is 73.2 cm³/mol. The molecule has 0 saturated heterocycles. The highest BCUT2D eigenvalue weighted by atomic mass is 79.9. The number of halogens is 1. The Morgan fingerprint density at radius 3 is 2.83 bits per heavy atom. The Kier molecular flexibility index (Phi) is 3.81. The molecule has 0 bridgehead atoms. The van der Waals surface area contributed by atoms with E-state index in [-0.39, 0.29) is 5.56 Å². The zero-order chi connectivity index (χ0) is 13.1. The van der Waals surface area contributed by atoms with E-state index in [0.29, 0.717) is 23.9 Å². The fraction of sp³-hybridized carbons (Fsp3) is 0.231. The Bertz CT molecular complexity index is 623. The fourth-order valence-electron chi connectivity index (χ4n) is 1.50. The van der Waals surface area contributed by atoms with Crippen molar-refractivity contribution >= 4 is 15.9 Å². The van der Waals surface area contributed by atoms with E-state index in [1.165, 1.54) is 6.07 Å². The number of hydrogen-bond donors (Lipinski definition) is 1. The molecule has 4 nitrogen and oxygen atoms in total. The van der Waals surface area contributed by atoms with Crippen molar-refractivity contribution in [2.24, 2.45) is 0 Å². The number of hydrogen-bond acceptors (Lipinski definition) is 3. The minimum absolute atomic E-state index is 0.208. The lowest BCUT2D eigenvalue weighted by molar-refractivity contribution is 0.455. The van der Waals surface area contributed by atoms with Crippen molar-refractivity contribution in [1.29, 1.82) is 0 Å². The molecule has 94 valence electrons. The molecule has 0 amide bonds. The number of ether oxygens (including phenoxy) is 1. The van der Waals surface area contributed by atoms with E-state index in [0.717, 1.165) is 10.0 Å². The van der Waals surface area contributed by atoms with Gasteiger partial charge in [-0.25, -0.2) is 0 Å². The summed E-state index contributed by atoms with van der Waals surface area (Å²) in [7, 11) is 0. The van der Waals surface area contributed by atoms with Gasteiger partial charge in [-0.2, -0.15) is 4.98 Å². The van der Waals surface area contributed by atoms with Gasteiger partial charge < -0.3 is 9.72 Å². The van der Waals surface area contributed by atoms with Crippen LogP contribution in [0.15, 0.2) is 33.5 Å². The van der Waals surface area contributed by atoms with E-state index in [1.54, 1.807) is 0 Å². The first-order valence-corrected chi connectivity index (χ1v) is 6.42. The maximum atomic E-state index is 11.4. The lowest BCUT2D eigenvalue weighted by atomic mass is 10.2. The van der Waals surface area contributed by atoms with Gasteiger partial charge in [0.05, 0.1) is 10.5 Å². The molecule has 1 aromatic carbocycles. The van der Waals surface area contributed by atoms with Crippen LogP contribution in [0, 0.1) is 6.92 Å². The molecule has 1 N–H and O–H groups in total. The van der Waals surface area contributed by atoms with E-state index in [1.807, 2.05) is 32.0 Å². The molecule has 0 radical (unpaired) electrons. The van der Waals surface area contributed by atoms with Crippen LogP contribution in [0.3, 0.4) is 0 Å². The molecule has 0 aliphatic carbocycles. The topological polar surface area (TPSA) is 55.0 Å². The van der Waals surface area contributed by atoms with Crippen LogP contribution in [0.25, 0.3) is 0 Å². The second kappa shape index (κ2) is 5.35. The van der Waals surface area contributed by atoms with Crippen molar-refractivity contribution in [2.45, 2.75) is 20.3 Å². The molecule has 18 heavy (non-hydrogen) atoms. The molecule has 0 unspecified atom stereocenters. The predicted octanol–water partition coefficient (Wildman–Crippen LogP) is 3.20. The van der Waals surface area contributed by atoms with Crippen molar-refractivity contribution in [3.63, 3.8) is 0 Å². The summed E-state index contributed by atoms with van der Waals surface area (Å²) >= 11 is 3.42. The van der Waals surface area contributed by atoms with E-state index < -0.39 is 0 Å². The number of H-pyrrole nitrogens is 1. The first-order chi connectivity index (χ1) is 8.58. The van der Waals surface area contributed by atoms with Crippen molar-refractivity contribution in [2.75, 3.05) is 0 Å². The molecule has 2 aromatic rings. The van der Waals surface area contributed by atoms with Gasteiger partial charge in [-0.05, 0) is 40.5 Å².